The van der Waals surface area contributed by atoms with Gasteiger partial charge < -0.3 is 10.4 Å². The predicted octanol–water partition coefficient (Wildman–Crippen LogP) is 2.54. The smallest absolute Gasteiger partial charge is 0.223 e. The van der Waals surface area contributed by atoms with Crippen LogP contribution in [-0.4, -0.2) is 29.1 Å². The molecule has 0 saturated heterocycles. The summed E-state index contributed by atoms with van der Waals surface area (Å²) in [5.41, 5.74) is -0.355. The zero-order chi connectivity index (χ0) is 14.3. The van der Waals surface area contributed by atoms with E-state index in [-0.39, 0.29) is 18.4 Å². The topological polar surface area (TPSA) is 49.3 Å². The fourth-order valence-electron chi connectivity index (χ4n) is 1.95. The maximum Gasteiger partial charge on any atom is 0.223 e. The molecule has 0 aliphatic carbocycles. The van der Waals surface area contributed by atoms with E-state index in [2.05, 4.69) is 12.2 Å². The lowest BCUT2D eigenvalue weighted by Gasteiger charge is -2.25. The standard InChI is InChI=1S/C15H23NO2S/c1-4-13(11-19-3)16-14(17)10-15(2,18)12-8-6-5-7-9-12/h5-9,13,18H,4,10-11H2,1-3H3,(H,16,17). The number of hydrogen-bond donors (Lipinski definition) is 2. The van der Waals surface area contributed by atoms with Crippen molar-refractivity contribution < 1.29 is 9.90 Å². The van der Waals surface area contributed by atoms with Crippen molar-refractivity contribution in [1.82, 2.24) is 5.32 Å². The lowest BCUT2D eigenvalue weighted by atomic mass is 9.92. The van der Waals surface area contributed by atoms with E-state index in [4.69, 9.17) is 0 Å². The van der Waals surface area contributed by atoms with Crippen LogP contribution in [0.15, 0.2) is 30.3 Å². The summed E-state index contributed by atoms with van der Waals surface area (Å²) in [6.07, 6.45) is 3.01. The zero-order valence-electron chi connectivity index (χ0n) is 11.8. The molecule has 3 nitrogen and oxygen atoms in total. The molecule has 1 rings (SSSR count). The molecule has 1 aromatic carbocycles. The van der Waals surface area contributed by atoms with Crippen LogP contribution >= 0.6 is 11.8 Å². The van der Waals surface area contributed by atoms with Gasteiger partial charge in [0.15, 0.2) is 0 Å². The van der Waals surface area contributed by atoms with E-state index in [1.807, 2.05) is 36.6 Å². The monoisotopic (exact) mass is 281 g/mol. The molecule has 0 aliphatic heterocycles. The first-order valence-corrected chi connectivity index (χ1v) is 7.95. The van der Waals surface area contributed by atoms with E-state index in [0.717, 1.165) is 17.7 Å². The highest BCUT2D eigenvalue weighted by Crippen LogP contribution is 2.24. The van der Waals surface area contributed by atoms with Crippen molar-refractivity contribution in [3.8, 4) is 0 Å². The van der Waals surface area contributed by atoms with Crippen LogP contribution in [0.25, 0.3) is 0 Å². The van der Waals surface area contributed by atoms with Crippen molar-refractivity contribution in [2.45, 2.75) is 38.3 Å². The fraction of sp³-hybridized carbons (Fsp3) is 0.533. The molecule has 2 N–H and O–H groups in total. The normalized spacial score (nSPS) is 15.6. The van der Waals surface area contributed by atoms with Gasteiger partial charge in [-0.3, -0.25) is 4.79 Å². The van der Waals surface area contributed by atoms with Gasteiger partial charge in [-0.05, 0) is 25.2 Å². The van der Waals surface area contributed by atoms with E-state index in [0.29, 0.717) is 0 Å². The zero-order valence-corrected chi connectivity index (χ0v) is 12.7. The van der Waals surface area contributed by atoms with Gasteiger partial charge in [-0.1, -0.05) is 37.3 Å². The molecule has 4 heteroatoms. The molecule has 0 saturated carbocycles. The van der Waals surface area contributed by atoms with Gasteiger partial charge in [0.1, 0.15) is 0 Å². The fourth-order valence-corrected chi connectivity index (χ4v) is 2.67. The van der Waals surface area contributed by atoms with Gasteiger partial charge in [0.25, 0.3) is 0 Å². The third-order valence-corrected chi connectivity index (χ3v) is 3.86. The molecule has 0 aliphatic rings. The van der Waals surface area contributed by atoms with Gasteiger partial charge in [0, 0.05) is 11.8 Å². The average Bonchev–Trinajstić information content (AvgIpc) is 2.38. The number of thioether (sulfide) groups is 1. The summed E-state index contributed by atoms with van der Waals surface area (Å²) in [5, 5.41) is 13.4. The van der Waals surface area contributed by atoms with Crippen LogP contribution in [0, 0.1) is 0 Å². The molecule has 106 valence electrons. The highest BCUT2D eigenvalue weighted by molar-refractivity contribution is 7.98. The number of hydrogen-bond acceptors (Lipinski definition) is 3. The predicted molar refractivity (Wildman–Crippen MR) is 81.2 cm³/mol. The quantitative estimate of drug-likeness (QED) is 0.807. The highest BCUT2D eigenvalue weighted by atomic mass is 32.2. The Labute approximate surface area is 119 Å². The summed E-state index contributed by atoms with van der Waals surface area (Å²) in [6.45, 7) is 3.73. The molecule has 2 unspecified atom stereocenters. The number of carbonyl (C=O) groups is 1. The maximum absolute atomic E-state index is 12.0. The molecule has 0 radical (unpaired) electrons. The van der Waals surface area contributed by atoms with Crippen LogP contribution in [0.3, 0.4) is 0 Å². The first-order valence-electron chi connectivity index (χ1n) is 6.55. The minimum Gasteiger partial charge on any atom is -0.385 e. The Hall–Kier alpha value is -1.00. The molecule has 2 atom stereocenters. The number of rotatable bonds is 7. The van der Waals surface area contributed by atoms with Crippen molar-refractivity contribution >= 4 is 17.7 Å². The first-order chi connectivity index (χ1) is 8.99. The molecule has 0 aromatic heterocycles. The third kappa shape index (κ3) is 5.25. The van der Waals surface area contributed by atoms with Gasteiger partial charge in [-0.2, -0.15) is 11.8 Å². The average molecular weight is 281 g/mol. The van der Waals surface area contributed by atoms with Gasteiger partial charge in [-0.25, -0.2) is 0 Å². The largest absolute Gasteiger partial charge is 0.385 e. The second-order valence-electron chi connectivity index (χ2n) is 4.94. The Kier molecular flexibility index (Phi) is 6.38. The summed E-state index contributed by atoms with van der Waals surface area (Å²) in [7, 11) is 0. The van der Waals surface area contributed by atoms with Crippen LogP contribution in [0.2, 0.25) is 0 Å². The Bertz CT molecular complexity index is 392. The number of aliphatic hydroxyl groups is 1. The number of nitrogens with one attached hydrogen (secondary N) is 1. The number of carbonyl (C=O) groups excluding carboxylic acids is 1. The van der Waals surface area contributed by atoms with Gasteiger partial charge in [-0.15, -0.1) is 0 Å². The second kappa shape index (κ2) is 7.56. The summed E-state index contributed by atoms with van der Waals surface area (Å²) >= 11 is 1.71. The van der Waals surface area contributed by atoms with Crippen molar-refractivity contribution in [3.05, 3.63) is 35.9 Å². The number of benzene rings is 1. The van der Waals surface area contributed by atoms with Crippen LogP contribution in [-0.2, 0) is 10.4 Å². The third-order valence-electron chi connectivity index (χ3n) is 3.13. The molecule has 19 heavy (non-hydrogen) atoms. The first kappa shape index (κ1) is 16.1. The Morgan fingerprint density at radius 1 is 1.42 bits per heavy atom. The summed E-state index contributed by atoms with van der Waals surface area (Å²) in [5.74, 6) is 0.796. The van der Waals surface area contributed by atoms with Crippen molar-refractivity contribution in [2.24, 2.45) is 0 Å². The Balaban J connectivity index is 2.60. The molecule has 0 heterocycles. The summed E-state index contributed by atoms with van der Waals surface area (Å²) in [6, 6.07) is 9.48. The minimum atomic E-state index is -1.12. The molecular weight excluding hydrogens is 258 g/mol. The van der Waals surface area contributed by atoms with E-state index >= 15 is 0 Å². The lowest BCUT2D eigenvalue weighted by molar-refractivity contribution is -0.126. The van der Waals surface area contributed by atoms with Gasteiger partial charge in [0.2, 0.25) is 5.91 Å². The van der Waals surface area contributed by atoms with Crippen LogP contribution < -0.4 is 5.32 Å². The van der Waals surface area contributed by atoms with E-state index in [1.54, 1.807) is 18.7 Å². The van der Waals surface area contributed by atoms with Crippen molar-refractivity contribution in [1.29, 1.82) is 0 Å². The van der Waals surface area contributed by atoms with E-state index < -0.39 is 5.60 Å². The molecule has 1 aromatic rings. The maximum atomic E-state index is 12.0. The van der Waals surface area contributed by atoms with Crippen molar-refractivity contribution in [2.75, 3.05) is 12.0 Å². The number of amides is 1. The summed E-state index contributed by atoms with van der Waals surface area (Å²) < 4.78 is 0. The molecule has 0 fully saturated rings. The van der Waals surface area contributed by atoms with Crippen LogP contribution in [0.4, 0.5) is 0 Å². The molecule has 0 spiro atoms. The SMILES string of the molecule is CCC(CSC)NC(=O)CC(C)(O)c1ccccc1. The second-order valence-corrected chi connectivity index (χ2v) is 5.86. The minimum absolute atomic E-state index is 0.0852. The van der Waals surface area contributed by atoms with E-state index in [1.165, 1.54) is 0 Å². The highest BCUT2D eigenvalue weighted by Gasteiger charge is 2.27. The molecular formula is C15H23NO2S. The van der Waals surface area contributed by atoms with Crippen molar-refractivity contribution in [3.63, 3.8) is 0 Å². The summed E-state index contributed by atoms with van der Waals surface area (Å²) in [4.78, 5) is 12.0. The Morgan fingerprint density at radius 3 is 2.58 bits per heavy atom. The van der Waals surface area contributed by atoms with Crippen LogP contribution in [0.1, 0.15) is 32.3 Å². The van der Waals surface area contributed by atoms with Crippen LogP contribution in [0.5, 0.6) is 0 Å². The molecule has 1 amide bonds. The molecule has 0 bridgehead atoms. The van der Waals surface area contributed by atoms with Gasteiger partial charge >= 0.3 is 0 Å². The van der Waals surface area contributed by atoms with E-state index in [9.17, 15) is 9.90 Å². The lowest BCUT2D eigenvalue weighted by Crippen LogP contribution is -2.39. The Morgan fingerprint density at radius 2 is 2.05 bits per heavy atom. The van der Waals surface area contributed by atoms with Gasteiger partial charge in [0.05, 0.1) is 12.0 Å².